The van der Waals surface area contributed by atoms with Crippen LogP contribution in [-0.2, 0) is 31.3 Å². The van der Waals surface area contributed by atoms with Gasteiger partial charge in [0.2, 0.25) is 0 Å². The summed E-state index contributed by atoms with van der Waals surface area (Å²) >= 11 is 1.81. The molecule has 0 aliphatic carbocycles. The molecule has 1 aromatic rings. The Morgan fingerprint density at radius 3 is 1.75 bits per heavy atom. The molecule has 0 radical (unpaired) electrons. The van der Waals surface area contributed by atoms with Gasteiger partial charge in [0.05, 0.1) is 0 Å². The molecule has 0 heterocycles. The SMILES string of the molecule is CSc1ccccc1C(C)N(C)C.[C-]#[O+].[C-]#[O+].[C-]#[O+].[Cr]. The van der Waals surface area contributed by atoms with Gasteiger partial charge in [-0.1, -0.05) is 18.2 Å². The molecule has 0 spiro atoms. The first-order valence-electron chi connectivity index (χ1n) is 5.07. The Hall–Kier alpha value is -0.718. The molecule has 0 saturated heterocycles. The van der Waals surface area contributed by atoms with Crippen molar-refractivity contribution in [1.82, 2.24) is 4.90 Å². The second-order valence-corrected chi connectivity index (χ2v) is 4.23. The number of hydrogen-bond donors (Lipinski definition) is 0. The van der Waals surface area contributed by atoms with Crippen LogP contribution >= 0.6 is 11.8 Å². The Bertz CT molecular complexity index is 377. The van der Waals surface area contributed by atoms with Crippen molar-refractivity contribution in [2.24, 2.45) is 0 Å². The van der Waals surface area contributed by atoms with E-state index in [2.05, 4.69) is 76.4 Å². The molecule has 0 aliphatic rings. The fraction of sp³-hybridized carbons (Fsp3) is 0.357. The third kappa shape index (κ3) is 11.1. The van der Waals surface area contributed by atoms with Gasteiger partial charge in [-0.2, -0.15) is 0 Å². The van der Waals surface area contributed by atoms with Crippen LogP contribution in [0.2, 0.25) is 0 Å². The van der Waals surface area contributed by atoms with Gasteiger partial charge in [-0.3, -0.25) is 0 Å². The monoisotopic (exact) mass is 331 g/mol. The molecule has 4 nitrogen and oxygen atoms in total. The molecule has 0 amide bonds. The minimum absolute atomic E-state index is 0. The minimum Gasteiger partial charge on any atom is 0 e. The van der Waals surface area contributed by atoms with E-state index < -0.39 is 0 Å². The summed E-state index contributed by atoms with van der Waals surface area (Å²) in [6.07, 6.45) is 2.13. The minimum atomic E-state index is 0. The summed E-state index contributed by atoms with van der Waals surface area (Å²) in [4.78, 5) is 3.61. The largest absolute Gasteiger partial charge is 0 e. The van der Waals surface area contributed by atoms with Crippen molar-refractivity contribution in [3.05, 3.63) is 49.8 Å². The average molecular weight is 331 g/mol. The number of hydrogen-bond acceptors (Lipinski definition) is 2. The molecule has 1 atom stereocenters. The Morgan fingerprint density at radius 1 is 1.00 bits per heavy atom. The zero-order valence-electron chi connectivity index (χ0n) is 11.9. The van der Waals surface area contributed by atoms with E-state index in [1.54, 1.807) is 0 Å². The molecular weight excluding hydrogens is 314 g/mol. The van der Waals surface area contributed by atoms with Gasteiger partial charge in [-0.15, -0.1) is 11.8 Å². The van der Waals surface area contributed by atoms with Gasteiger partial charge >= 0.3 is 33.9 Å². The third-order valence-corrected chi connectivity index (χ3v) is 3.18. The second kappa shape index (κ2) is 20.6. The molecule has 0 aromatic heterocycles. The van der Waals surface area contributed by atoms with Gasteiger partial charge in [0.25, 0.3) is 0 Å². The molecule has 108 valence electrons. The summed E-state index contributed by atoms with van der Waals surface area (Å²) in [5.74, 6) is 0. The predicted molar refractivity (Wildman–Crippen MR) is 72.1 cm³/mol. The molecule has 1 aromatic carbocycles. The number of rotatable bonds is 3. The van der Waals surface area contributed by atoms with E-state index in [0.717, 1.165) is 0 Å². The van der Waals surface area contributed by atoms with Crippen LogP contribution in [0, 0.1) is 20.0 Å². The molecule has 0 bridgehead atoms. The van der Waals surface area contributed by atoms with E-state index in [4.69, 9.17) is 14.0 Å². The Balaban J connectivity index is -0.000000162. The Labute approximate surface area is 136 Å². The summed E-state index contributed by atoms with van der Waals surface area (Å²) in [7, 11) is 4.23. The van der Waals surface area contributed by atoms with Gasteiger partial charge in [-0.25, -0.2) is 0 Å². The first-order valence-corrected chi connectivity index (χ1v) is 6.30. The third-order valence-electron chi connectivity index (χ3n) is 2.36. The zero-order chi connectivity index (χ0) is 15.8. The van der Waals surface area contributed by atoms with Crippen LogP contribution in [0.25, 0.3) is 0 Å². The molecule has 0 fully saturated rings. The smallest absolute Gasteiger partial charge is 0 e. The van der Waals surface area contributed by atoms with Crippen LogP contribution in [0.5, 0.6) is 0 Å². The maximum atomic E-state index is 7.50. The van der Waals surface area contributed by atoms with Gasteiger partial charge in [0, 0.05) is 28.3 Å². The van der Waals surface area contributed by atoms with E-state index in [1.165, 1.54) is 10.5 Å². The van der Waals surface area contributed by atoms with Crippen molar-refractivity contribution in [3.63, 3.8) is 0 Å². The number of nitrogens with zero attached hydrogens (tertiary/aromatic N) is 1. The molecule has 1 unspecified atom stereocenters. The first-order chi connectivity index (χ1) is 9.16. The summed E-state index contributed by atoms with van der Waals surface area (Å²) in [5.41, 5.74) is 1.42. The Morgan fingerprint density at radius 2 is 1.40 bits per heavy atom. The number of benzene rings is 1. The normalized spacial score (nSPS) is 8.95. The van der Waals surface area contributed by atoms with Crippen LogP contribution in [-0.4, -0.2) is 25.3 Å². The molecule has 0 saturated carbocycles. The van der Waals surface area contributed by atoms with E-state index in [-0.39, 0.29) is 17.4 Å². The molecule has 0 N–H and O–H groups in total. The summed E-state index contributed by atoms with van der Waals surface area (Å²) in [6.45, 7) is 15.7. The van der Waals surface area contributed by atoms with Crippen LogP contribution in [0.3, 0.4) is 0 Å². The number of thioether (sulfide) groups is 1. The van der Waals surface area contributed by atoms with Crippen molar-refractivity contribution in [3.8, 4) is 0 Å². The van der Waals surface area contributed by atoms with Gasteiger partial charge in [-0.05, 0) is 38.9 Å². The summed E-state index contributed by atoms with van der Waals surface area (Å²) < 4.78 is 22.5. The van der Waals surface area contributed by atoms with Crippen molar-refractivity contribution in [1.29, 1.82) is 0 Å². The van der Waals surface area contributed by atoms with E-state index in [1.807, 2.05) is 11.8 Å². The zero-order valence-corrected chi connectivity index (χ0v) is 14.0. The van der Waals surface area contributed by atoms with Crippen molar-refractivity contribution >= 4 is 11.8 Å². The van der Waals surface area contributed by atoms with Crippen LogP contribution in [0.4, 0.5) is 0 Å². The average Bonchev–Trinajstić information content (AvgIpc) is 2.52. The second-order valence-electron chi connectivity index (χ2n) is 3.38. The molecule has 20 heavy (non-hydrogen) atoms. The van der Waals surface area contributed by atoms with Crippen LogP contribution in [0.1, 0.15) is 18.5 Å². The summed E-state index contributed by atoms with van der Waals surface area (Å²) in [5, 5.41) is 0. The maximum Gasteiger partial charge on any atom is 0 e. The van der Waals surface area contributed by atoms with Gasteiger partial charge in [0.1, 0.15) is 0 Å². The standard InChI is InChI=1S/C11H17NS.3CO.Cr/c1-9(12(2)3)10-7-5-6-8-11(10)13-4;3*1-2;/h5-9H,1-4H3;;;;. The van der Waals surface area contributed by atoms with E-state index >= 15 is 0 Å². The summed E-state index contributed by atoms with van der Waals surface area (Å²) in [6, 6.07) is 9.08. The Kier molecular flexibility index (Phi) is 28.4. The van der Waals surface area contributed by atoms with Crippen LogP contribution < -0.4 is 0 Å². The predicted octanol–water partition coefficient (Wildman–Crippen LogP) is 2.92. The van der Waals surface area contributed by atoms with E-state index in [0.29, 0.717) is 6.04 Å². The fourth-order valence-electron chi connectivity index (χ4n) is 1.29. The topological polar surface area (TPSA) is 62.9 Å². The van der Waals surface area contributed by atoms with E-state index in [9.17, 15) is 0 Å². The van der Waals surface area contributed by atoms with Crippen molar-refractivity contribution in [2.75, 3.05) is 20.4 Å². The van der Waals surface area contributed by atoms with Crippen molar-refractivity contribution < 1.29 is 31.3 Å². The van der Waals surface area contributed by atoms with Gasteiger partial charge < -0.3 is 4.90 Å². The van der Waals surface area contributed by atoms with Gasteiger partial charge in [0.15, 0.2) is 0 Å². The fourth-order valence-corrected chi connectivity index (χ4v) is 1.98. The molecular formula is C14H17CrNO3S. The molecule has 1 rings (SSSR count). The van der Waals surface area contributed by atoms with Crippen molar-refractivity contribution in [2.45, 2.75) is 17.9 Å². The molecule has 6 heteroatoms. The molecule has 0 aliphatic heterocycles. The van der Waals surface area contributed by atoms with Crippen LogP contribution in [0.15, 0.2) is 29.2 Å². The first kappa shape index (κ1) is 27.6. The maximum absolute atomic E-state index is 7.50. The quantitative estimate of drug-likeness (QED) is 0.486.